The predicted octanol–water partition coefficient (Wildman–Crippen LogP) is 1.87. The van der Waals surface area contributed by atoms with Crippen LogP contribution in [0.4, 0.5) is 11.1 Å². The molecule has 10 nitrogen and oxygen atoms in total. The SMILES string of the molecule is COc1cccc(Cc2nnc(NCCSCc3csc(NC(=N)N)n3)[nH]c2=O)c1. The molecule has 3 aromatic rings. The van der Waals surface area contributed by atoms with Crippen molar-refractivity contribution in [2.24, 2.45) is 5.73 Å². The lowest BCUT2D eigenvalue weighted by Gasteiger charge is -2.06. The summed E-state index contributed by atoms with van der Waals surface area (Å²) < 4.78 is 5.20. The van der Waals surface area contributed by atoms with E-state index in [-0.39, 0.29) is 11.5 Å². The number of thioether (sulfide) groups is 1. The Morgan fingerprint density at radius 1 is 1.40 bits per heavy atom. The van der Waals surface area contributed by atoms with Gasteiger partial charge in [0.2, 0.25) is 5.95 Å². The number of aromatic nitrogens is 4. The second-order valence-electron chi connectivity index (χ2n) is 6.14. The monoisotopic (exact) mass is 446 g/mol. The van der Waals surface area contributed by atoms with Crippen molar-refractivity contribution in [2.75, 3.05) is 30.0 Å². The highest BCUT2D eigenvalue weighted by atomic mass is 32.2. The van der Waals surface area contributed by atoms with Crippen molar-refractivity contribution in [1.29, 1.82) is 5.41 Å². The molecule has 0 saturated heterocycles. The van der Waals surface area contributed by atoms with Crippen molar-refractivity contribution in [3.05, 3.63) is 57.0 Å². The van der Waals surface area contributed by atoms with Gasteiger partial charge >= 0.3 is 0 Å². The average Bonchev–Trinajstić information content (AvgIpc) is 3.16. The van der Waals surface area contributed by atoms with Crippen molar-refractivity contribution >= 4 is 40.1 Å². The highest BCUT2D eigenvalue weighted by Crippen LogP contribution is 2.19. The number of nitrogens with zero attached hydrogens (tertiary/aromatic N) is 3. The van der Waals surface area contributed by atoms with Crippen LogP contribution in [0.3, 0.4) is 0 Å². The van der Waals surface area contributed by atoms with Gasteiger partial charge in [-0.05, 0) is 17.7 Å². The summed E-state index contributed by atoms with van der Waals surface area (Å²) in [4.78, 5) is 19.3. The second-order valence-corrected chi connectivity index (χ2v) is 8.10. The molecule has 0 saturated carbocycles. The van der Waals surface area contributed by atoms with E-state index in [2.05, 4.69) is 30.8 Å². The number of thiazole rings is 1. The van der Waals surface area contributed by atoms with Crippen LogP contribution in [0.15, 0.2) is 34.4 Å². The molecule has 12 heteroatoms. The summed E-state index contributed by atoms with van der Waals surface area (Å²) in [6.45, 7) is 0.618. The number of anilines is 2. The van der Waals surface area contributed by atoms with E-state index in [0.717, 1.165) is 28.5 Å². The number of nitrogens with two attached hydrogens (primary N) is 1. The standard InChI is InChI=1S/C18H22N8O2S2/c1-28-13-4-2-3-11(7-13)8-14-15(27)23-17(26-25-14)21-5-6-29-9-12-10-30-18(22-12)24-16(19)20/h2-4,7,10H,5-6,8-9H2,1H3,(H4,19,20,22,24)(H2,21,23,26,27). The van der Waals surface area contributed by atoms with Gasteiger partial charge in [0.15, 0.2) is 11.1 Å². The number of benzene rings is 1. The number of hydrogen-bond donors (Lipinski definition) is 5. The zero-order valence-corrected chi connectivity index (χ0v) is 17.9. The van der Waals surface area contributed by atoms with E-state index in [9.17, 15) is 4.79 Å². The van der Waals surface area contributed by atoms with Gasteiger partial charge in [-0.1, -0.05) is 12.1 Å². The first-order chi connectivity index (χ1) is 14.5. The van der Waals surface area contributed by atoms with E-state index in [4.69, 9.17) is 15.9 Å². The van der Waals surface area contributed by atoms with Crippen LogP contribution in [0.25, 0.3) is 0 Å². The molecule has 6 N–H and O–H groups in total. The lowest BCUT2D eigenvalue weighted by atomic mass is 10.1. The quantitative estimate of drug-likeness (QED) is 0.178. The minimum absolute atomic E-state index is 0.127. The lowest BCUT2D eigenvalue weighted by Crippen LogP contribution is -2.20. The minimum Gasteiger partial charge on any atom is -0.497 e. The van der Waals surface area contributed by atoms with Crippen LogP contribution in [0.2, 0.25) is 0 Å². The molecular weight excluding hydrogens is 424 g/mol. The molecule has 2 heterocycles. The van der Waals surface area contributed by atoms with Gasteiger partial charge in [-0.3, -0.25) is 15.2 Å². The number of H-pyrrole nitrogens is 1. The lowest BCUT2D eigenvalue weighted by molar-refractivity contribution is 0.414. The van der Waals surface area contributed by atoms with Crippen molar-refractivity contribution in [2.45, 2.75) is 12.2 Å². The number of hydrogen-bond acceptors (Lipinski definition) is 9. The summed E-state index contributed by atoms with van der Waals surface area (Å²) in [5, 5.41) is 23.6. The first-order valence-electron chi connectivity index (χ1n) is 8.99. The van der Waals surface area contributed by atoms with Crippen molar-refractivity contribution in [3.63, 3.8) is 0 Å². The Balaban J connectivity index is 1.43. The van der Waals surface area contributed by atoms with Gasteiger partial charge in [-0.2, -0.15) is 11.8 Å². The molecule has 0 atom stereocenters. The van der Waals surface area contributed by atoms with Gasteiger partial charge in [0.05, 0.1) is 12.8 Å². The first-order valence-corrected chi connectivity index (χ1v) is 11.0. The molecular formula is C18H22N8O2S2. The Bertz CT molecular complexity index is 1050. The Hall–Kier alpha value is -3.12. The van der Waals surface area contributed by atoms with Crippen LogP contribution in [0.5, 0.6) is 5.75 Å². The molecule has 0 spiro atoms. The largest absolute Gasteiger partial charge is 0.497 e. The van der Waals surface area contributed by atoms with Gasteiger partial charge in [0, 0.05) is 29.9 Å². The third kappa shape index (κ3) is 6.46. The van der Waals surface area contributed by atoms with Crippen LogP contribution in [-0.4, -0.2) is 45.5 Å². The molecule has 158 valence electrons. The molecule has 2 aromatic heterocycles. The number of guanidine groups is 1. The van der Waals surface area contributed by atoms with Crippen LogP contribution in [-0.2, 0) is 12.2 Å². The molecule has 0 amide bonds. The number of nitrogens with one attached hydrogen (secondary N) is 4. The normalized spacial score (nSPS) is 10.6. The van der Waals surface area contributed by atoms with E-state index in [1.807, 2.05) is 29.6 Å². The summed E-state index contributed by atoms with van der Waals surface area (Å²) in [7, 11) is 1.60. The smallest absolute Gasteiger partial charge is 0.274 e. The van der Waals surface area contributed by atoms with Crippen LogP contribution in [0, 0.1) is 5.41 Å². The van der Waals surface area contributed by atoms with Crippen LogP contribution >= 0.6 is 23.1 Å². The van der Waals surface area contributed by atoms with E-state index in [0.29, 0.717) is 29.7 Å². The fourth-order valence-electron chi connectivity index (χ4n) is 2.50. The molecule has 0 aliphatic rings. The van der Waals surface area contributed by atoms with Gasteiger partial charge in [-0.15, -0.1) is 21.5 Å². The first kappa shape index (κ1) is 21.6. The van der Waals surface area contributed by atoms with Crippen LogP contribution < -0.4 is 26.7 Å². The molecule has 0 aliphatic heterocycles. The zero-order chi connectivity index (χ0) is 21.3. The molecule has 0 unspecified atom stereocenters. The van der Waals surface area contributed by atoms with E-state index in [1.165, 1.54) is 11.3 Å². The van der Waals surface area contributed by atoms with Crippen molar-refractivity contribution < 1.29 is 4.74 Å². The highest BCUT2D eigenvalue weighted by molar-refractivity contribution is 7.98. The van der Waals surface area contributed by atoms with Crippen molar-refractivity contribution in [3.8, 4) is 5.75 Å². The topological polar surface area (TPSA) is 155 Å². The van der Waals surface area contributed by atoms with Crippen LogP contribution in [0.1, 0.15) is 17.0 Å². The Labute approximate surface area is 181 Å². The Morgan fingerprint density at radius 2 is 2.27 bits per heavy atom. The van der Waals surface area contributed by atoms with Gasteiger partial charge in [0.25, 0.3) is 5.56 Å². The van der Waals surface area contributed by atoms with Crippen molar-refractivity contribution in [1.82, 2.24) is 20.2 Å². The van der Waals surface area contributed by atoms with E-state index < -0.39 is 0 Å². The molecule has 30 heavy (non-hydrogen) atoms. The maximum absolute atomic E-state index is 12.3. The number of aromatic amines is 1. The second kappa shape index (κ2) is 10.6. The third-order valence-corrected chi connectivity index (χ3v) is 5.65. The summed E-state index contributed by atoms with van der Waals surface area (Å²) in [5.41, 5.74) is 7.21. The number of rotatable bonds is 10. The molecule has 3 rings (SSSR count). The molecule has 0 radical (unpaired) electrons. The number of methoxy groups -OCH3 is 1. The summed E-state index contributed by atoms with van der Waals surface area (Å²) in [6, 6.07) is 7.50. The third-order valence-electron chi connectivity index (χ3n) is 3.85. The highest BCUT2D eigenvalue weighted by Gasteiger charge is 2.07. The molecule has 0 bridgehead atoms. The molecule has 0 fully saturated rings. The predicted molar refractivity (Wildman–Crippen MR) is 121 cm³/mol. The summed E-state index contributed by atoms with van der Waals surface area (Å²) in [5.74, 6) is 2.48. The Morgan fingerprint density at radius 3 is 3.03 bits per heavy atom. The summed E-state index contributed by atoms with van der Waals surface area (Å²) >= 11 is 3.09. The summed E-state index contributed by atoms with van der Waals surface area (Å²) in [6.07, 6.45) is 0.379. The zero-order valence-electron chi connectivity index (χ0n) is 16.3. The van der Waals surface area contributed by atoms with E-state index >= 15 is 0 Å². The molecule has 1 aromatic carbocycles. The number of ether oxygens (including phenoxy) is 1. The maximum atomic E-state index is 12.3. The van der Waals surface area contributed by atoms with Gasteiger partial charge in [0.1, 0.15) is 11.4 Å². The fraction of sp³-hybridized carbons (Fsp3) is 0.278. The van der Waals surface area contributed by atoms with Gasteiger partial charge in [-0.25, -0.2) is 4.98 Å². The molecule has 0 aliphatic carbocycles. The Kier molecular flexibility index (Phi) is 7.63. The minimum atomic E-state index is -0.268. The maximum Gasteiger partial charge on any atom is 0.274 e. The van der Waals surface area contributed by atoms with E-state index in [1.54, 1.807) is 18.9 Å². The fourth-order valence-corrected chi connectivity index (χ4v) is 4.07. The average molecular weight is 447 g/mol. The van der Waals surface area contributed by atoms with Gasteiger partial charge < -0.3 is 21.1 Å².